The Hall–Kier alpha value is -1.16. The second-order valence-corrected chi connectivity index (χ2v) is 2.65. The average Bonchev–Trinajstić information content (AvgIpc) is 2.52. The molecule has 0 bridgehead atoms. The van der Waals surface area contributed by atoms with Gasteiger partial charge in [-0.25, -0.2) is 0 Å². The maximum atomic E-state index is 10.3. The van der Waals surface area contributed by atoms with Gasteiger partial charge in [-0.3, -0.25) is 4.79 Å². The van der Waals surface area contributed by atoms with Gasteiger partial charge in [0, 0.05) is 0 Å². The third-order valence-corrected chi connectivity index (χ3v) is 1.91. The molecule has 4 heteroatoms. The Bertz CT molecular complexity index is 253. The van der Waals surface area contributed by atoms with Crippen LogP contribution in [0.15, 0.2) is 22.7 Å². The van der Waals surface area contributed by atoms with E-state index in [1.807, 2.05) is 11.4 Å². The largest absolute Gasteiger partial charge is 0.399 e. The molecule has 0 unspecified atom stereocenters. The summed E-state index contributed by atoms with van der Waals surface area (Å²) in [6.07, 6.45) is 1.69. The van der Waals surface area contributed by atoms with E-state index in [-0.39, 0.29) is 5.71 Å². The molecule has 0 aromatic carbocycles. The van der Waals surface area contributed by atoms with Crippen molar-refractivity contribution >= 4 is 23.3 Å². The van der Waals surface area contributed by atoms with Crippen LogP contribution in [0.3, 0.4) is 0 Å². The van der Waals surface area contributed by atoms with Crippen molar-refractivity contribution in [2.45, 2.75) is 0 Å². The zero-order valence-corrected chi connectivity index (χ0v) is 6.72. The van der Waals surface area contributed by atoms with Gasteiger partial charge in [-0.1, -0.05) is 11.2 Å². The third-order valence-electron chi connectivity index (χ3n) is 1.03. The first-order valence-corrected chi connectivity index (χ1v) is 3.79. The second-order valence-electron chi connectivity index (χ2n) is 1.70. The minimum Gasteiger partial charge on any atom is -0.399 e. The molecule has 1 heterocycles. The number of thiophene rings is 1. The molecule has 0 atom stereocenters. The number of carbonyl (C=O) groups excluding carboxylic acids is 1. The van der Waals surface area contributed by atoms with Crippen LogP contribution in [0.4, 0.5) is 0 Å². The highest BCUT2D eigenvalue weighted by molar-refractivity contribution is 7.12. The van der Waals surface area contributed by atoms with Gasteiger partial charge in [0.05, 0.1) is 4.88 Å². The molecule has 0 amide bonds. The summed E-state index contributed by atoms with van der Waals surface area (Å²) in [5.41, 5.74) is 0.211. The summed E-state index contributed by atoms with van der Waals surface area (Å²) in [5, 5.41) is 5.35. The smallest absolute Gasteiger partial charge is 0.258 e. The second kappa shape index (κ2) is 3.88. The summed E-state index contributed by atoms with van der Waals surface area (Å²) in [6.45, 7) is 0. The van der Waals surface area contributed by atoms with E-state index in [1.165, 1.54) is 18.4 Å². The maximum Gasteiger partial charge on any atom is 0.258 e. The van der Waals surface area contributed by atoms with Crippen LogP contribution in [0.25, 0.3) is 0 Å². The molecule has 1 rings (SSSR count). The van der Waals surface area contributed by atoms with Crippen LogP contribution in [-0.2, 0) is 9.63 Å². The van der Waals surface area contributed by atoms with Gasteiger partial charge in [-0.2, -0.15) is 0 Å². The summed E-state index contributed by atoms with van der Waals surface area (Å²) in [6, 6.07) is 3.62. The third kappa shape index (κ3) is 1.88. The van der Waals surface area contributed by atoms with Gasteiger partial charge in [-0.15, -0.1) is 11.3 Å². The van der Waals surface area contributed by atoms with Crippen LogP contribution in [0.5, 0.6) is 0 Å². The number of hydrogen-bond donors (Lipinski definition) is 0. The fourth-order valence-corrected chi connectivity index (χ4v) is 1.27. The molecule has 0 saturated carbocycles. The highest BCUT2D eigenvalue weighted by Crippen LogP contribution is 2.08. The summed E-state index contributed by atoms with van der Waals surface area (Å²) < 4.78 is 0. The predicted molar refractivity (Wildman–Crippen MR) is 43.6 cm³/mol. The Morgan fingerprint density at radius 3 is 3.09 bits per heavy atom. The van der Waals surface area contributed by atoms with Crippen molar-refractivity contribution in [1.82, 2.24) is 0 Å². The van der Waals surface area contributed by atoms with E-state index in [4.69, 9.17) is 0 Å². The highest BCUT2D eigenvalue weighted by Gasteiger charge is 2.03. The summed E-state index contributed by atoms with van der Waals surface area (Å²) in [7, 11) is 1.39. The number of nitrogens with zero attached hydrogens (tertiary/aromatic N) is 1. The van der Waals surface area contributed by atoms with E-state index in [9.17, 15) is 4.79 Å². The van der Waals surface area contributed by atoms with E-state index in [0.29, 0.717) is 0 Å². The highest BCUT2D eigenvalue weighted by atomic mass is 32.1. The normalized spacial score (nSPS) is 11.2. The van der Waals surface area contributed by atoms with Crippen LogP contribution >= 0.6 is 11.3 Å². The molecule has 0 saturated heterocycles. The Morgan fingerprint density at radius 1 is 1.82 bits per heavy atom. The van der Waals surface area contributed by atoms with E-state index in [2.05, 4.69) is 9.99 Å². The van der Waals surface area contributed by atoms with Gasteiger partial charge in [0.2, 0.25) is 0 Å². The number of oxime groups is 1. The van der Waals surface area contributed by atoms with E-state index in [1.54, 1.807) is 12.4 Å². The van der Waals surface area contributed by atoms with Crippen molar-refractivity contribution in [3.8, 4) is 0 Å². The molecule has 0 fully saturated rings. The maximum absolute atomic E-state index is 10.3. The van der Waals surface area contributed by atoms with Crippen LogP contribution < -0.4 is 0 Å². The molecule has 0 N–H and O–H groups in total. The number of hydrogen-bond acceptors (Lipinski definition) is 4. The Labute approximate surface area is 68.3 Å². The first-order chi connectivity index (χ1) is 5.38. The van der Waals surface area contributed by atoms with Gasteiger partial charge in [0.25, 0.3) is 6.29 Å². The lowest BCUT2D eigenvalue weighted by atomic mass is 10.3. The number of rotatable bonds is 3. The van der Waals surface area contributed by atoms with Crippen LogP contribution in [0.2, 0.25) is 0 Å². The molecule has 1 aromatic rings. The van der Waals surface area contributed by atoms with Crippen molar-refractivity contribution < 1.29 is 9.63 Å². The van der Waals surface area contributed by atoms with Crippen molar-refractivity contribution in [2.75, 3.05) is 7.11 Å². The molecule has 0 spiro atoms. The van der Waals surface area contributed by atoms with Gasteiger partial charge in [0.1, 0.15) is 7.11 Å². The lowest BCUT2D eigenvalue weighted by molar-refractivity contribution is 0.214. The Balaban J connectivity index is 2.88. The van der Waals surface area contributed by atoms with Crippen LogP contribution in [0, 0.1) is 0 Å². The summed E-state index contributed by atoms with van der Waals surface area (Å²) >= 11 is 1.42. The van der Waals surface area contributed by atoms with Gasteiger partial charge < -0.3 is 4.84 Å². The zero-order valence-electron chi connectivity index (χ0n) is 5.90. The van der Waals surface area contributed by atoms with Crippen molar-refractivity contribution in [3.63, 3.8) is 0 Å². The van der Waals surface area contributed by atoms with Crippen LogP contribution in [0.1, 0.15) is 4.88 Å². The lowest BCUT2D eigenvalue weighted by Gasteiger charge is -1.90. The standard InChI is InChI=1S/C7H6NO2S/c1-10-8-6(5-9)7-3-2-4-11-7/h2-4H,1H3/b8-6+. The molecular weight excluding hydrogens is 162 g/mol. The fraction of sp³-hybridized carbons (Fsp3) is 0.143. The lowest BCUT2D eigenvalue weighted by Crippen LogP contribution is -1.99. The van der Waals surface area contributed by atoms with Gasteiger partial charge in [-0.05, 0) is 11.4 Å². The molecule has 1 aromatic heterocycles. The topological polar surface area (TPSA) is 38.7 Å². The van der Waals surface area contributed by atoms with E-state index >= 15 is 0 Å². The minimum absolute atomic E-state index is 0.211. The molecule has 3 nitrogen and oxygen atoms in total. The molecule has 1 radical (unpaired) electrons. The summed E-state index contributed by atoms with van der Waals surface area (Å²) in [4.78, 5) is 15.5. The monoisotopic (exact) mass is 168 g/mol. The molecule has 0 aliphatic heterocycles. The minimum atomic E-state index is 0.211. The van der Waals surface area contributed by atoms with Crippen molar-refractivity contribution in [2.24, 2.45) is 5.16 Å². The van der Waals surface area contributed by atoms with Crippen LogP contribution in [-0.4, -0.2) is 19.1 Å². The zero-order chi connectivity index (χ0) is 8.10. The first-order valence-electron chi connectivity index (χ1n) is 2.91. The first kappa shape index (κ1) is 7.94. The van der Waals surface area contributed by atoms with Gasteiger partial charge >= 0.3 is 0 Å². The Kier molecular flexibility index (Phi) is 2.80. The van der Waals surface area contributed by atoms with E-state index < -0.39 is 0 Å². The predicted octanol–water partition coefficient (Wildman–Crippen LogP) is 1.21. The molecule has 57 valence electrons. The van der Waals surface area contributed by atoms with Gasteiger partial charge in [0.15, 0.2) is 5.71 Å². The average molecular weight is 168 g/mol. The van der Waals surface area contributed by atoms with Crippen molar-refractivity contribution in [1.29, 1.82) is 0 Å². The quantitative estimate of drug-likeness (QED) is 0.502. The molecule has 11 heavy (non-hydrogen) atoms. The summed E-state index contributed by atoms with van der Waals surface area (Å²) in [5.74, 6) is 0. The molecular formula is C7H6NO2S. The Morgan fingerprint density at radius 2 is 2.64 bits per heavy atom. The molecule has 0 aliphatic rings. The molecule has 0 aliphatic carbocycles. The SMILES string of the molecule is CO/N=C(\[C]=O)c1cccs1. The van der Waals surface area contributed by atoms with E-state index in [0.717, 1.165) is 4.88 Å². The fourth-order valence-electron chi connectivity index (χ4n) is 0.619. The van der Waals surface area contributed by atoms with Crippen molar-refractivity contribution in [3.05, 3.63) is 22.4 Å².